The molecule has 0 aromatic heterocycles. The topological polar surface area (TPSA) is 29.5 Å². The number of ether oxygens (including phenoxy) is 1. The SMILES string of the molecule is CCCCCCCCCCCCCCCCCCOC(CO)CCCCCCCCCCCC. The van der Waals surface area contributed by atoms with Crippen LogP contribution in [0, 0.1) is 0 Å². The largest absolute Gasteiger partial charge is 0.394 e. The van der Waals surface area contributed by atoms with E-state index in [-0.39, 0.29) is 12.7 Å². The van der Waals surface area contributed by atoms with Crippen LogP contribution >= 0.6 is 0 Å². The van der Waals surface area contributed by atoms with E-state index < -0.39 is 0 Å². The monoisotopic (exact) mass is 483 g/mol. The second-order valence-electron chi connectivity index (χ2n) is 10.9. The third-order valence-corrected chi connectivity index (χ3v) is 7.43. The first-order valence-corrected chi connectivity index (χ1v) is 16.1. The molecule has 0 saturated heterocycles. The van der Waals surface area contributed by atoms with E-state index in [1.54, 1.807) is 0 Å². The van der Waals surface area contributed by atoms with E-state index in [1.807, 2.05) is 0 Å². The molecule has 0 aliphatic carbocycles. The van der Waals surface area contributed by atoms with Crippen LogP contribution in [0.4, 0.5) is 0 Å². The third kappa shape index (κ3) is 28.2. The molecule has 0 radical (unpaired) electrons. The molecule has 0 aromatic rings. The lowest BCUT2D eigenvalue weighted by Gasteiger charge is -2.15. The van der Waals surface area contributed by atoms with E-state index in [1.165, 1.54) is 161 Å². The van der Waals surface area contributed by atoms with Crippen molar-refractivity contribution in [1.82, 2.24) is 0 Å². The molecule has 0 bridgehead atoms. The van der Waals surface area contributed by atoms with Crippen LogP contribution in [0.15, 0.2) is 0 Å². The van der Waals surface area contributed by atoms with E-state index in [4.69, 9.17) is 4.74 Å². The first-order chi connectivity index (χ1) is 16.8. The van der Waals surface area contributed by atoms with Crippen LogP contribution in [0.2, 0.25) is 0 Å². The molecule has 1 N–H and O–H groups in total. The van der Waals surface area contributed by atoms with Gasteiger partial charge in [-0.25, -0.2) is 0 Å². The Morgan fingerprint density at radius 3 is 1.03 bits per heavy atom. The number of hydrogen-bond donors (Lipinski definition) is 1. The molecule has 0 rings (SSSR count). The quantitative estimate of drug-likeness (QED) is 0.103. The summed E-state index contributed by atoms with van der Waals surface area (Å²) in [7, 11) is 0. The van der Waals surface area contributed by atoms with Crippen molar-refractivity contribution in [3.63, 3.8) is 0 Å². The number of aliphatic hydroxyl groups is 1. The highest BCUT2D eigenvalue weighted by atomic mass is 16.5. The maximum atomic E-state index is 9.58. The van der Waals surface area contributed by atoms with E-state index in [9.17, 15) is 5.11 Å². The Morgan fingerprint density at radius 2 is 0.706 bits per heavy atom. The van der Waals surface area contributed by atoms with Gasteiger partial charge >= 0.3 is 0 Å². The number of unbranched alkanes of at least 4 members (excludes halogenated alkanes) is 24. The maximum Gasteiger partial charge on any atom is 0.0805 e. The third-order valence-electron chi connectivity index (χ3n) is 7.43. The highest BCUT2D eigenvalue weighted by molar-refractivity contribution is 4.58. The van der Waals surface area contributed by atoms with Crippen LogP contribution in [0.25, 0.3) is 0 Å². The molecule has 2 nitrogen and oxygen atoms in total. The lowest BCUT2D eigenvalue weighted by molar-refractivity contribution is 0.00497. The molecule has 0 spiro atoms. The maximum absolute atomic E-state index is 9.58. The van der Waals surface area contributed by atoms with Gasteiger partial charge in [0.15, 0.2) is 0 Å². The minimum atomic E-state index is 0.0744. The molecule has 2 heteroatoms. The van der Waals surface area contributed by atoms with Gasteiger partial charge < -0.3 is 9.84 Å². The standard InChI is InChI=1S/C32H66O2/c1-3-5-7-9-11-13-15-16-17-18-19-20-22-24-26-28-30-34-32(31-33)29-27-25-23-21-14-12-10-8-6-4-2/h32-33H,3-31H2,1-2H3. The average Bonchev–Trinajstić information content (AvgIpc) is 2.85. The Kier molecular flexibility index (Phi) is 30.9. The number of aliphatic hydroxyl groups excluding tert-OH is 1. The van der Waals surface area contributed by atoms with Gasteiger partial charge in [-0.1, -0.05) is 174 Å². The van der Waals surface area contributed by atoms with Gasteiger partial charge in [-0.05, 0) is 12.8 Å². The number of rotatable bonds is 30. The molecule has 0 fully saturated rings. The van der Waals surface area contributed by atoms with Crippen LogP contribution in [0.3, 0.4) is 0 Å². The summed E-state index contributed by atoms with van der Waals surface area (Å²) in [4.78, 5) is 0. The Morgan fingerprint density at radius 1 is 0.412 bits per heavy atom. The Labute approximate surface area is 216 Å². The molecule has 0 amide bonds. The van der Waals surface area contributed by atoms with Gasteiger partial charge in [0.05, 0.1) is 12.7 Å². The van der Waals surface area contributed by atoms with Crippen molar-refractivity contribution in [3.05, 3.63) is 0 Å². The number of hydrogen-bond acceptors (Lipinski definition) is 2. The second-order valence-corrected chi connectivity index (χ2v) is 10.9. The van der Waals surface area contributed by atoms with Crippen molar-refractivity contribution in [2.75, 3.05) is 13.2 Å². The van der Waals surface area contributed by atoms with Gasteiger partial charge in [-0.3, -0.25) is 0 Å². The summed E-state index contributed by atoms with van der Waals surface area (Å²) in [5.41, 5.74) is 0. The molecule has 1 atom stereocenters. The van der Waals surface area contributed by atoms with Gasteiger partial charge in [0.25, 0.3) is 0 Å². The van der Waals surface area contributed by atoms with Crippen molar-refractivity contribution < 1.29 is 9.84 Å². The molecule has 0 aromatic carbocycles. The summed E-state index contributed by atoms with van der Waals surface area (Å²) in [5, 5.41) is 9.58. The summed E-state index contributed by atoms with van der Waals surface area (Å²) in [5.74, 6) is 0. The van der Waals surface area contributed by atoms with Gasteiger partial charge in [0, 0.05) is 6.61 Å². The van der Waals surface area contributed by atoms with E-state index in [0.717, 1.165) is 19.4 Å². The summed E-state index contributed by atoms with van der Waals surface area (Å²) < 4.78 is 5.94. The fourth-order valence-electron chi connectivity index (χ4n) is 4.99. The van der Waals surface area contributed by atoms with Crippen LogP contribution in [-0.2, 0) is 4.74 Å². The minimum Gasteiger partial charge on any atom is -0.394 e. The first-order valence-electron chi connectivity index (χ1n) is 16.1. The van der Waals surface area contributed by atoms with Crippen molar-refractivity contribution >= 4 is 0 Å². The minimum absolute atomic E-state index is 0.0744. The van der Waals surface area contributed by atoms with Crippen molar-refractivity contribution in [2.45, 2.75) is 193 Å². The predicted octanol–water partition coefficient (Wildman–Crippen LogP) is 10.9. The van der Waals surface area contributed by atoms with E-state index in [2.05, 4.69) is 13.8 Å². The first kappa shape index (κ1) is 33.9. The molecule has 0 aliphatic heterocycles. The molecule has 0 heterocycles. The predicted molar refractivity (Wildman–Crippen MR) is 153 cm³/mol. The van der Waals surface area contributed by atoms with Gasteiger partial charge in [-0.2, -0.15) is 0 Å². The fourth-order valence-corrected chi connectivity index (χ4v) is 4.99. The van der Waals surface area contributed by atoms with E-state index >= 15 is 0 Å². The van der Waals surface area contributed by atoms with Gasteiger partial charge in [0.1, 0.15) is 0 Å². The summed E-state index contributed by atoms with van der Waals surface area (Å²) in [6.07, 6.45) is 37.2. The molecular formula is C32H66O2. The lowest BCUT2D eigenvalue weighted by Crippen LogP contribution is -2.18. The fraction of sp³-hybridized carbons (Fsp3) is 1.00. The Hall–Kier alpha value is -0.0800. The average molecular weight is 483 g/mol. The van der Waals surface area contributed by atoms with Crippen molar-refractivity contribution in [3.8, 4) is 0 Å². The smallest absolute Gasteiger partial charge is 0.0805 e. The second kappa shape index (κ2) is 31.0. The highest BCUT2D eigenvalue weighted by Crippen LogP contribution is 2.15. The van der Waals surface area contributed by atoms with Crippen LogP contribution in [0.1, 0.15) is 187 Å². The zero-order valence-electron chi connectivity index (χ0n) is 23.9. The molecule has 1 unspecified atom stereocenters. The van der Waals surface area contributed by atoms with Crippen molar-refractivity contribution in [1.29, 1.82) is 0 Å². The molecule has 0 aliphatic rings. The molecule has 34 heavy (non-hydrogen) atoms. The molecule has 0 saturated carbocycles. The van der Waals surface area contributed by atoms with Crippen molar-refractivity contribution in [2.24, 2.45) is 0 Å². The summed E-state index contributed by atoms with van der Waals surface area (Å²) >= 11 is 0. The van der Waals surface area contributed by atoms with Crippen LogP contribution < -0.4 is 0 Å². The molecule has 206 valence electrons. The van der Waals surface area contributed by atoms with Gasteiger partial charge in [0.2, 0.25) is 0 Å². The zero-order chi connectivity index (χ0) is 24.8. The van der Waals surface area contributed by atoms with Crippen LogP contribution in [-0.4, -0.2) is 24.4 Å². The van der Waals surface area contributed by atoms with E-state index in [0.29, 0.717) is 0 Å². The van der Waals surface area contributed by atoms with Gasteiger partial charge in [-0.15, -0.1) is 0 Å². The zero-order valence-corrected chi connectivity index (χ0v) is 23.9. The highest BCUT2D eigenvalue weighted by Gasteiger charge is 2.07. The summed E-state index contributed by atoms with van der Waals surface area (Å²) in [6.45, 7) is 5.60. The Balaban J connectivity index is 3.24. The van der Waals surface area contributed by atoms with Crippen LogP contribution in [0.5, 0.6) is 0 Å². The normalized spacial score (nSPS) is 12.4. The Bertz CT molecular complexity index is 344. The molecular weight excluding hydrogens is 416 g/mol. The lowest BCUT2D eigenvalue weighted by atomic mass is 10.0. The summed E-state index contributed by atoms with van der Waals surface area (Å²) in [6, 6.07) is 0.